The van der Waals surface area contributed by atoms with Gasteiger partial charge in [-0.1, -0.05) is 72.8 Å². The second-order valence-corrected chi connectivity index (χ2v) is 7.75. The Morgan fingerprint density at radius 1 is 0.688 bits per heavy atom. The van der Waals surface area contributed by atoms with Gasteiger partial charge in [-0.25, -0.2) is 4.98 Å². The molecule has 5 heteroatoms. The molecule has 0 fully saturated rings. The lowest BCUT2D eigenvalue weighted by molar-refractivity contribution is -0.384. The van der Waals surface area contributed by atoms with Crippen molar-refractivity contribution in [1.82, 2.24) is 9.97 Å². The summed E-state index contributed by atoms with van der Waals surface area (Å²) in [5, 5.41) is 15.5. The molecule has 0 saturated heterocycles. The summed E-state index contributed by atoms with van der Waals surface area (Å²) in [6.45, 7) is 0. The zero-order valence-electron chi connectivity index (χ0n) is 16.9. The highest BCUT2D eigenvalue weighted by Gasteiger charge is 2.17. The summed E-state index contributed by atoms with van der Waals surface area (Å²) in [6, 6.07) is 31.5. The molecule has 0 spiro atoms. The van der Waals surface area contributed by atoms with Gasteiger partial charge in [-0.2, -0.15) is 0 Å². The maximum Gasteiger partial charge on any atom is 0.269 e. The predicted molar refractivity (Wildman–Crippen MR) is 129 cm³/mol. The first kappa shape index (κ1) is 18.3. The van der Waals surface area contributed by atoms with Gasteiger partial charge in [0.2, 0.25) is 0 Å². The fourth-order valence-corrected chi connectivity index (χ4v) is 4.46. The van der Waals surface area contributed by atoms with Crippen molar-refractivity contribution < 1.29 is 4.92 Å². The van der Waals surface area contributed by atoms with Crippen LogP contribution in [0.2, 0.25) is 0 Å². The van der Waals surface area contributed by atoms with Gasteiger partial charge in [0.05, 0.1) is 16.0 Å². The highest BCUT2D eigenvalue weighted by molar-refractivity contribution is 6.26. The van der Waals surface area contributed by atoms with Gasteiger partial charge in [-0.15, -0.1) is 0 Å². The molecule has 152 valence electrons. The SMILES string of the molecule is O=[N+]([O-])c1ccc(-c2nc3c4ccccc4c4cccc(-c5ccccc5)c4c3[nH]2)cc1. The molecule has 0 atom stereocenters. The van der Waals surface area contributed by atoms with E-state index in [1.807, 2.05) is 30.3 Å². The van der Waals surface area contributed by atoms with Crippen molar-refractivity contribution in [2.24, 2.45) is 0 Å². The van der Waals surface area contributed by atoms with Crippen LogP contribution in [0.4, 0.5) is 5.69 Å². The molecule has 5 aromatic carbocycles. The van der Waals surface area contributed by atoms with Crippen LogP contribution < -0.4 is 0 Å². The molecule has 5 nitrogen and oxygen atoms in total. The van der Waals surface area contributed by atoms with Gasteiger partial charge < -0.3 is 4.98 Å². The van der Waals surface area contributed by atoms with Crippen LogP contribution in [0, 0.1) is 10.1 Å². The molecule has 0 saturated carbocycles. The van der Waals surface area contributed by atoms with Crippen molar-refractivity contribution in [3.8, 4) is 22.5 Å². The van der Waals surface area contributed by atoms with Gasteiger partial charge in [-0.3, -0.25) is 10.1 Å². The second-order valence-electron chi connectivity index (χ2n) is 7.75. The third-order valence-corrected chi connectivity index (χ3v) is 5.93. The summed E-state index contributed by atoms with van der Waals surface area (Å²) in [5.74, 6) is 0.690. The maximum absolute atomic E-state index is 11.0. The topological polar surface area (TPSA) is 71.8 Å². The number of fused-ring (bicyclic) bond motifs is 6. The quantitative estimate of drug-likeness (QED) is 0.190. The Bertz CT molecular complexity index is 1640. The molecule has 0 amide bonds. The van der Waals surface area contributed by atoms with Crippen molar-refractivity contribution in [2.45, 2.75) is 0 Å². The number of nitro groups is 1. The number of hydrogen-bond donors (Lipinski definition) is 1. The van der Waals surface area contributed by atoms with Crippen LogP contribution in [-0.2, 0) is 0 Å². The van der Waals surface area contributed by atoms with Gasteiger partial charge in [0, 0.05) is 28.5 Å². The van der Waals surface area contributed by atoms with Crippen LogP contribution in [0.3, 0.4) is 0 Å². The van der Waals surface area contributed by atoms with E-state index < -0.39 is 4.92 Å². The molecular formula is C27H17N3O2. The minimum absolute atomic E-state index is 0.0622. The Kier molecular flexibility index (Phi) is 4.01. The molecule has 0 radical (unpaired) electrons. The summed E-state index contributed by atoms with van der Waals surface area (Å²) < 4.78 is 0. The second kappa shape index (κ2) is 7.03. The number of non-ortho nitro benzene ring substituents is 1. The Morgan fingerprint density at radius 3 is 2.12 bits per heavy atom. The molecule has 0 bridgehead atoms. The molecule has 1 N–H and O–H groups in total. The molecular weight excluding hydrogens is 398 g/mol. The molecule has 32 heavy (non-hydrogen) atoms. The van der Waals surface area contributed by atoms with Gasteiger partial charge in [0.1, 0.15) is 5.82 Å². The first-order valence-electron chi connectivity index (χ1n) is 10.3. The van der Waals surface area contributed by atoms with Gasteiger partial charge in [0.15, 0.2) is 0 Å². The van der Waals surface area contributed by atoms with E-state index in [1.165, 1.54) is 12.1 Å². The number of aromatic nitrogens is 2. The number of aromatic amines is 1. The zero-order valence-corrected chi connectivity index (χ0v) is 16.9. The number of benzene rings is 5. The van der Waals surface area contributed by atoms with Crippen molar-refractivity contribution in [1.29, 1.82) is 0 Å². The number of rotatable bonds is 3. The fourth-order valence-electron chi connectivity index (χ4n) is 4.46. The first-order valence-corrected chi connectivity index (χ1v) is 10.3. The van der Waals surface area contributed by atoms with E-state index in [1.54, 1.807) is 12.1 Å². The number of nitro benzene ring substituents is 1. The highest BCUT2D eigenvalue weighted by Crippen LogP contribution is 2.40. The summed E-state index contributed by atoms with van der Waals surface area (Å²) in [6.07, 6.45) is 0. The molecule has 0 aliphatic heterocycles. The summed E-state index contributed by atoms with van der Waals surface area (Å²) in [7, 11) is 0. The molecule has 1 aromatic heterocycles. The van der Waals surface area contributed by atoms with Crippen LogP contribution in [0.5, 0.6) is 0 Å². The number of H-pyrrole nitrogens is 1. The molecule has 0 aliphatic carbocycles. The van der Waals surface area contributed by atoms with E-state index in [0.29, 0.717) is 5.82 Å². The lowest BCUT2D eigenvalue weighted by atomic mass is 9.93. The highest BCUT2D eigenvalue weighted by atomic mass is 16.6. The van der Waals surface area contributed by atoms with Crippen molar-refractivity contribution in [2.75, 3.05) is 0 Å². The average Bonchev–Trinajstić information content (AvgIpc) is 3.30. The third-order valence-electron chi connectivity index (χ3n) is 5.93. The van der Waals surface area contributed by atoms with Gasteiger partial charge in [-0.05, 0) is 34.0 Å². The van der Waals surface area contributed by atoms with Gasteiger partial charge >= 0.3 is 0 Å². The fraction of sp³-hybridized carbons (Fsp3) is 0. The first-order chi connectivity index (χ1) is 15.7. The maximum atomic E-state index is 11.0. The van der Waals surface area contributed by atoms with E-state index in [2.05, 4.69) is 47.4 Å². The smallest absolute Gasteiger partial charge is 0.269 e. The van der Waals surface area contributed by atoms with Crippen LogP contribution in [0.15, 0.2) is 97.1 Å². The summed E-state index contributed by atoms with van der Waals surface area (Å²) in [4.78, 5) is 19.1. The van der Waals surface area contributed by atoms with E-state index in [-0.39, 0.29) is 5.69 Å². The van der Waals surface area contributed by atoms with E-state index in [0.717, 1.165) is 49.3 Å². The van der Waals surface area contributed by atoms with Crippen LogP contribution in [0.1, 0.15) is 0 Å². The van der Waals surface area contributed by atoms with Crippen LogP contribution >= 0.6 is 0 Å². The largest absolute Gasteiger partial charge is 0.337 e. The molecule has 6 rings (SSSR count). The third kappa shape index (κ3) is 2.76. The zero-order chi connectivity index (χ0) is 21.7. The molecule has 6 aromatic rings. The monoisotopic (exact) mass is 415 g/mol. The lowest BCUT2D eigenvalue weighted by Gasteiger charge is -2.11. The predicted octanol–water partition coefficient (Wildman–Crippen LogP) is 7.11. The molecule has 0 aliphatic rings. The van der Waals surface area contributed by atoms with Crippen LogP contribution in [0.25, 0.3) is 55.1 Å². The summed E-state index contributed by atoms with van der Waals surface area (Å²) in [5.41, 5.74) is 5.00. The number of imidazole rings is 1. The average molecular weight is 415 g/mol. The number of nitrogens with one attached hydrogen (secondary N) is 1. The lowest BCUT2D eigenvalue weighted by Crippen LogP contribution is -1.87. The Balaban J connectivity index is 1.71. The van der Waals surface area contributed by atoms with Crippen molar-refractivity contribution >= 4 is 38.3 Å². The van der Waals surface area contributed by atoms with Crippen LogP contribution in [-0.4, -0.2) is 14.9 Å². The number of nitrogens with zero attached hydrogens (tertiary/aromatic N) is 2. The molecule has 1 heterocycles. The van der Waals surface area contributed by atoms with E-state index in [4.69, 9.17) is 4.98 Å². The van der Waals surface area contributed by atoms with E-state index >= 15 is 0 Å². The Morgan fingerprint density at radius 2 is 1.38 bits per heavy atom. The van der Waals surface area contributed by atoms with Crippen molar-refractivity contribution in [3.63, 3.8) is 0 Å². The van der Waals surface area contributed by atoms with Gasteiger partial charge in [0.25, 0.3) is 5.69 Å². The Labute approximate surface area is 183 Å². The molecule has 0 unspecified atom stereocenters. The minimum atomic E-state index is -0.393. The minimum Gasteiger partial charge on any atom is -0.337 e. The Hall–Kier alpha value is -4.51. The summed E-state index contributed by atoms with van der Waals surface area (Å²) >= 11 is 0. The normalized spacial score (nSPS) is 11.4. The standard InChI is InChI=1S/C27H17N3O2/c31-30(32)19-15-13-18(14-16-19)27-28-25-23-10-5-4-9-21(23)22-12-6-11-20(24(22)26(25)29-27)17-7-2-1-3-8-17/h1-16H,(H,28,29). The van der Waals surface area contributed by atoms with E-state index in [9.17, 15) is 10.1 Å². The number of hydrogen-bond acceptors (Lipinski definition) is 3. The van der Waals surface area contributed by atoms with Crippen molar-refractivity contribution in [3.05, 3.63) is 107 Å².